The zero-order valence-electron chi connectivity index (χ0n) is 7.67. The van der Waals surface area contributed by atoms with Gasteiger partial charge in [-0.05, 0) is 0 Å². The summed E-state index contributed by atoms with van der Waals surface area (Å²) in [5, 5.41) is 0. The minimum atomic E-state index is 0.0417. The number of carbonyl (C=O) groups excluding carboxylic acids is 1. The first-order chi connectivity index (χ1) is 6.60. The summed E-state index contributed by atoms with van der Waals surface area (Å²) in [6.45, 7) is 0.208. The molecule has 0 aliphatic carbocycles. The molecule has 1 heterocycles. The van der Waals surface area contributed by atoms with Crippen molar-refractivity contribution >= 4 is 24.1 Å². The van der Waals surface area contributed by atoms with Gasteiger partial charge in [-0.2, -0.15) is 15.0 Å². The Balaban J connectivity index is 0.000000292. The van der Waals surface area contributed by atoms with Gasteiger partial charge >= 0.3 is 0 Å². The summed E-state index contributed by atoms with van der Waals surface area (Å²) in [4.78, 5) is 19.7. The molecule has 0 bridgehead atoms. The van der Waals surface area contributed by atoms with E-state index in [-0.39, 0.29) is 24.5 Å². The highest BCUT2D eigenvalue weighted by molar-refractivity contribution is 5.50. The number of aldehydes is 1. The van der Waals surface area contributed by atoms with E-state index in [1.54, 1.807) is 0 Å². The monoisotopic (exact) mass is 200 g/mol. The number of rotatable bonds is 2. The van der Waals surface area contributed by atoms with Gasteiger partial charge in [-0.15, -0.1) is 0 Å². The Hall–Kier alpha value is -1.96. The molecule has 78 valence electrons. The highest BCUT2D eigenvalue weighted by atomic mass is 16.5. The summed E-state index contributed by atoms with van der Waals surface area (Å²) >= 11 is 0. The van der Waals surface area contributed by atoms with Crippen molar-refractivity contribution in [3.63, 3.8) is 0 Å². The molecule has 0 aliphatic heterocycles. The number of anilines is 3. The third-order valence-electron chi connectivity index (χ3n) is 0.922. The summed E-state index contributed by atoms with van der Waals surface area (Å²) in [6, 6.07) is 0. The van der Waals surface area contributed by atoms with Crippen molar-refractivity contribution in [1.82, 2.24) is 15.0 Å². The standard InChI is InChI=1S/C3H6N6.C3H6O2/c4-1-7-2(5)9-3(6)8-1;1-5-3-2-4/h(H6,4,5,6,7,8,9);2H,3H2,1H3. The lowest BCUT2D eigenvalue weighted by Gasteiger charge is -1.93. The average molecular weight is 200 g/mol. The Labute approximate surface area is 80.5 Å². The van der Waals surface area contributed by atoms with E-state index in [4.69, 9.17) is 17.2 Å². The van der Waals surface area contributed by atoms with E-state index in [0.717, 1.165) is 0 Å². The molecule has 8 heteroatoms. The second kappa shape index (κ2) is 6.54. The van der Waals surface area contributed by atoms with Crippen LogP contribution in [-0.2, 0) is 9.53 Å². The fourth-order valence-corrected chi connectivity index (χ4v) is 0.495. The van der Waals surface area contributed by atoms with Crippen LogP contribution in [0.1, 0.15) is 0 Å². The first-order valence-electron chi connectivity index (χ1n) is 3.55. The minimum Gasteiger partial charge on any atom is -0.377 e. The molecular weight excluding hydrogens is 188 g/mol. The van der Waals surface area contributed by atoms with Crippen molar-refractivity contribution in [1.29, 1.82) is 0 Å². The van der Waals surface area contributed by atoms with Gasteiger partial charge in [0.1, 0.15) is 12.9 Å². The number of methoxy groups -OCH3 is 1. The molecule has 1 aromatic rings. The third-order valence-corrected chi connectivity index (χ3v) is 0.922. The zero-order valence-corrected chi connectivity index (χ0v) is 7.67. The second-order valence-corrected chi connectivity index (χ2v) is 2.03. The van der Waals surface area contributed by atoms with Gasteiger partial charge in [0, 0.05) is 7.11 Å². The van der Waals surface area contributed by atoms with E-state index in [1.165, 1.54) is 7.11 Å². The van der Waals surface area contributed by atoms with Crippen molar-refractivity contribution < 1.29 is 9.53 Å². The van der Waals surface area contributed by atoms with Crippen LogP contribution in [0.15, 0.2) is 0 Å². The summed E-state index contributed by atoms with van der Waals surface area (Å²) in [7, 11) is 1.48. The van der Waals surface area contributed by atoms with Gasteiger partial charge in [0.15, 0.2) is 0 Å². The van der Waals surface area contributed by atoms with Crippen molar-refractivity contribution in [3.8, 4) is 0 Å². The Kier molecular flexibility index (Phi) is 5.63. The van der Waals surface area contributed by atoms with Crippen LogP contribution in [0.3, 0.4) is 0 Å². The first kappa shape index (κ1) is 12.0. The third kappa shape index (κ3) is 5.66. The van der Waals surface area contributed by atoms with Crippen LogP contribution < -0.4 is 17.2 Å². The van der Waals surface area contributed by atoms with Gasteiger partial charge < -0.3 is 26.7 Å². The van der Waals surface area contributed by atoms with Gasteiger partial charge in [-0.1, -0.05) is 0 Å². The number of nitrogens with two attached hydrogens (primary N) is 3. The highest BCUT2D eigenvalue weighted by Crippen LogP contribution is 1.97. The molecule has 0 unspecified atom stereocenters. The van der Waals surface area contributed by atoms with E-state index in [2.05, 4.69) is 19.7 Å². The molecule has 14 heavy (non-hydrogen) atoms. The average Bonchev–Trinajstić information content (AvgIpc) is 2.03. The van der Waals surface area contributed by atoms with Gasteiger partial charge in [-0.3, -0.25) is 0 Å². The molecule has 8 nitrogen and oxygen atoms in total. The fraction of sp³-hybridized carbons (Fsp3) is 0.333. The van der Waals surface area contributed by atoms with E-state index in [0.29, 0.717) is 6.29 Å². The number of carbonyl (C=O) groups is 1. The van der Waals surface area contributed by atoms with E-state index >= 15 is 0 Å². The normalized spacial score (nSPS) is 8.64. The van der Waals surface area contributed by atoms with Crippen LogP contribution in [0.4, 0.5) is 17.8 Å². The first-order valence-corrected chi connectivity index (χ1v) is 3.55. The highest BCUT2D eigenvalue weighted by Gasteiger charge is 1.93. The van der Waals surface area contributed by atoms with E-state index < -0.39 is 0 Å². The molecule has 0 saturated carbocycles. The van der Waals surface area contributed by atoms with Gasteiger partial charge in [-0.25, -0.2) is 0 Å². The zero-order chi connectivity index (χ0) is 11.0. The van der Waals surface area contributed by atoms with Crippen molar-refractivity contribution in [2.24, 2.45) is 0 Å². The van der Waals surface area contributed by atoms with Crippen LogP contribution in [0.25, 0.3) is 0 Å². The molecular formula is C6H12N6O2. The maximum absolute atomic E-state index is 9.28. The topological polar surface area (TPSA) is 143 Å². The quantitative estimate of drug-likeness (QED) is 0.487. The van der Waals surface area contributed by atoms with Crippen molar-refractivity contribution in [3.05, 3.63) is 0 Å². The van der Waals surface area contributed by atoms with Crippen LogP contribution in [-0.4, -0.2) is 35.0 Å². The van der Waals surface area contributed by atoms with Gasteiger partial charge in [0.2, 0.25) is 17.8 Å². The minimum absolute atomic E-state index is 0.0417. The fourth-order valence-electron chi connectivity index (χ4n) is 0.495. The lowest BCUT2D eigenvalue weighted by molar-refractivity contribution is -0.110. The van der Waals surface area contributed by atoms with Gasteiger partial charge in [0.25, 0.3) is 0 Å². The molecule has 0 spiro atoms. The van der Waals surface area contributed by atoms with Gasteiger partial charge in [0.05, 0.1) is 0 Å². The van der Waals surface area contributed by atoms with Crippen LogP contribution in [0.2, 0.25) is 0 Å². The lowest BCUT2D eigenvalue weighted by Crippen LogP contribution is -2.05. The van der Waals surface area contributed by atoms with Crippen molar-refractivity contribution in [2.45, 2.75) is 0 Å². The summed E-state index contributed by atoms with van der Waals surface area (Å²) < 4.78 is 4.32. The second-order valence-electron chi connectivity index (χ2n) is 2.03. The predicted molar refractivity (Wildman–Crippen MR) is 51.0 cm³/mol. The maximum Gasteiger partial charge on any atom is 0.226 e. The summed E-state index contributed by atoms with van der Waals surface area (Å²) in [5.41, 5.74) is 15.4. The molecule has 0 fully saturated rings. The van der Waals surface area contributed by atoms with Crippen LogP contribution in [0.5, 0.6) is 0 Å². The smallest absolute Gasteiger partial charge is 0.226 e. The number of nitrogen functional groups attached to an aromatic ring is 3. The maximum atomic E-state index is 9.28. The number of aromatic nitrogens is 3. The Morgan fingerprint density at radius 2 is 1.50 bits per heavy atom. The van der Waals surface area contributed by atoms with Crippen LogP contribution in [0, 0.1) is 0 Å². The Morgan fingerprint density at radius 3 is 1.64 bits per heavy atom. The molecule has 1 aromatic heterocycles. The molecule has 0 saturated heterocycles. The van der Waals surface area contributed by atoms with Crippen molar-refractivity contribution in [2.75, 3.05) is 30.9 Å². The molecule has 0 atom stereocenters. The number of hydrogen-bond donors (Lipinski definition) is 3. The largest absolute Gasteiger partial charge is 0.377 e. The Morgan fingerprint density at radius 1 is 1.14 bits per heavy atom. The summed E-state index contributed by atoms with van der Waals surface area (Å²) in [6.07, 6.45) is 0.708. The predicted octanol–water partition coefficient (Wildman–Crippen LogP) is -1.55. The molecule has 0 radical (unpaired) electrons. The molecule has 0 aliphatic rings. The number of nitrogens with zero attached hydrogens (tertiary/aromatic N) is 3. The Bertz CT molecular complexity index is 241. The number of hydrogen-bond acceptors (Lipinski definition) is 8. The molecule has 1 rings (SSSR count). The SMILES string of the molecule is COCC=O.Nc1nc(N)nc(N)n1. The van der Waals surface area contributed by atoms with E-state index in [9.17, 15) is 4.79 Å². The number of ether oxygens (including phenoxy) is 1. The summed E-state index contributed by atoms with van der Waals surface area (Å²) in [5.74, 6) is 0.125. The molecule has 0 amide bonds. The lowest BCUT2D eigenvalue weighted by atomic mass is 10.8. The van der Waals surface area contributed by atoms with E-state index in [1.807, 2.05) is 0 Å². The van der Waals surface area contributed by atoms with Crippen LogP contribution >= 0.6 is 0 Å². The molecule has 6 N–H and O–H groups in total. The molecule has 0 aromatic carbocycles.